The summed E-state index contributed by atoms with van der Waals surface area (Å²) in [6.45, 7) is 4.91. The van der Waals surface area contributed by atoms with Gasteiger partial charge in [-0.25, -0.2) is 8.42 Å². The van der Waals surface area contributed by atoms with E-state index in [1.54, 1.807) is 6.92 Å². The summed E-state index contributed by atoms with van der Waals surface area (Å²) < 4.78 is 30.3. The van der Waals surface area contributed by atoms with E-state index in [2.05, 4.69) is 0 Å². The zero-order chi connectivity index (χ0) is 14.8. The molecule has 2 rings (SSSR count). The predicted molar refractivity (Wildman–Crippen MR) is 80.4 cm³/mol. The van der Waals surface area contributed by atoms with Gasteiger partial charge < -0.3 is 10.5 Å². The monoisotopic (exact) mass is 297 g/mol. The Morgan fingerprint density at radius 1 is 1.25 bits per heavy atom. The number of sulfone groups is 1. The highest BCUT2D eigenvalue weighted by atomic mass is 32.2. The third-order valence-electron chi connectivity index (χ3n) is 4.28. The standard InChI is InChI=1S/C15H23NO3S/c1-3-19-11-15(10-16)13(12-8-6-5-7-9-12)14(15)20(17,18)4-2/h5-9,13-14H,3-4,10-11,16H2,1-2H3/t13-,14-,15-/m0/s1. The van der Waals surface area contributed by atoms with Crippen LogP contribution in [0.4, 0.5) is 0 Å². The lowest BCUT2D eigenvalue weighted by atomic mass is 10.0. The first kappa shape index (κ1) is 15.5. The van der Waals surface area contributed by atoms with Crippen molar-refractivity contribution >= 4 is 9.84 Å². The molecule has 3 atom stereocenters. The van der Waals surface area contributed by atoms with Gasteiger partial charge in [0.25, 0.3) is 0 Å². The fraction of sp³-hybridized carbons (Fsp3) is 0.600. The van der Waals surface area contributed by atoms with Gasteiger partial charge in [0.05, 0.1) is 11.9 Å². The molecule has 1 aliphatic carbocycles. The molecule has 0 amide bonds. The number of rotatable bonds is 7. The molecule has 5 heteroatoms. The molecule has 0 saturated heterocycles. The van der Waals surface area contributed by atoms with Crippen LogP contribution in [0.2, 0.25) is 0 Å². The maximum atomic E-state index is 12.4. The average Bonchev–Trinajstić information content (AvgIpc) is 3.16. The minimum atomic E-state index is -3.13. The Bertz CT molecular complexity index is 543. The minimum Gasteiger partial charge on any atom is -0.381 e. The predicted octanol–water partition coefficient (Wildman–Crippen LogP) is 1.57. The van der Waals surface area contributed by atoms with Crippen LogP contribution in [0.15, 0.2) is 30.3 Å². The number of hydrogen-bond donors (Lipinski definition) is 1. The van der Waals surface area contributed by atoms with Crippen LogP contribution in [0.1, 0.15) is 25.3 Å². The van der Waals surface area contributed by atoms with Crippen molar-refractivity contribution < 1.29 is 13.2 Å². The molecule has 1 saturated carbocycles. The molecule has 0 aliphatic heterocycles. The quantitative estimate of drug-likeness (QED) is 0.829. The van der Waals surface area contributed by atoms with E-state index in [0.29, 0.717) is 19.8 Å². The van der Waals surface area contributed by atoms with E-state index in [0.717, 1.165) is 5.56 Å². The largest absolute Gasteiger partial charge is 0.381 e. The molecule has 4 nitrogen and oxygen atoms in total. The van der Waals surface area contributed by atoms with E-state index in [1.165, 1.54) is 0 Å². The summed E-state index contributed by atoms with van der Waals surface area (Å²) in [5.41, 5.74) is 6.51. The fourth-order valence-electron chi connectivity index (χ4n) is 3.13. The van der Waals surface area contributed by atoms with E-state index in [9.17, 15) is 8.42 Å². The first-order chi connectivity index (χ1) is 9.53. The molecule has 1 aliphatic rings. The summed E-state index contributed by atoms with van der Waals surface area (Å²) >= 11 is 0. The topological polar surface area (TPSA) is 69.4 Å². The van der Waals surface area contributed by atoms with Gasteiger partial charge in [-0.1, -0.05) is 37.3 Å². The molecule has 0 unspecified atom stereocenters. The first-order valence-electron chi connectivity index (χ1n) is 7.07. The van der Waals surface area contributed by atoms with Crippen LogP contribution in [0.5, 0.6) is 0 Å². The Labute approximate surface area is 121 Å². The van der Waals surface area contributed by atoms with Crippen molar-refractivity contribution in [1.29, 1.82) is 0 Å². The number of hydrogen-bond acceptors (Lipinski definition) is 4. The summed E-state index contributed by atoms with van der Waals surface area (Å²) in [6, 6.07) is 9.76. The summed E-state index contributed by atoms with van der Waals surface area (Å²) in [7, 11) is -3.13. The van der Waals surface area contributed by atoms with Gasteiger partial charge in [-0.15, -0.1) is 0 Å². The molecule has 0 heterocycles. The number of benzene rings is 1. The Hall–Kier alpha value is -0.910. The van der Waals surface area contributed by atoms with Gasteiger partial charge in [-0.2, -0.15) is 0 Å². The zero-order valence-corrected chi connectivity index (χ0v) is 12.9. The van der Waals surface area contributed by atoms with Gasteiger partial charge in [0.1, 0.15) is 0 Å². The van der Waals surface area contributed by atoms with Crippen molar-refractivity contribution in [2.24, 2.45) is 11.1 Å². The van der Waals surface area contributed by atoms with Crippen molar-refractivity contribution in [3.05, 3.63) is 35.9 Å². The van der Waals surface area contributed by atoms with Gasteiger partial charge in [-0.05, 0) is 12.5 Å². The number of ether oxygens (including phenoxy) is 1. The Morgan fingerprint density at radius 3 is 2.40 bits per heavy atom. The molecule has 112 valence electrons. The third-order valence-corrected chi connectivity index (χ3v) is 6.60. The van der Waals surface area contributed by atoms with Gasteiger partial charge in [0.15, 0.2) is 9.84 Å². The maximum Gasteiger partial charge on any atom is 0.154 e. The molecule has 1 aromatic carbocycles. The first-order valence-corrected chi connectivity index (χ1v) is 8.79. The lowest BCUT2D eigenvalue weighted by Crippen LogP contribution is -2.29. The van der Waals surface area contributed by atoms with Crippen LogP contribution in [0.3, 0.4) is 0 Å². The fourth-order valence-corrected chi connectivity index (χ4v) is 5.28. The van der Waals surface area contributed by atoms with Crippen LogP contribution < -0.4 is 5.73 Å². The van der Waals surface area contributed by atoms with E-state index in [-0.39, 0.29) is 11.7 Å². The van der Waals surface area contributed by atoms with Gasteiger partial charge >= 0.3 is 0 Å². The maximum absolute atomic E-state index is 12.4. The zero-order valence-electron chi connectivity index (χ0n) is 12.1. The minimum absolute atomic E-state index is 0.0507. The van der Waals surface area contributed by atoms with Crippen LogP contribution in [-0.4, -0.2) is 39.2 Å². The molecule has 20 heavy (non-hydrogen) atoms. The van der Waals surface area contributed by atoms with Crippen molar-refractivity contribution in [2.45, 2.75) is 25.0 Å². The third kappa shape index (κ3) is 2.50. The molecule has 0 bridgehead atoms. The van der Waals surface area contributed by atoms with Crippen molar-refractivity contribution in [3.8, 4) is 0 Å². The Balaban J connectivity index is 2.37. The molecule has 1 aromatic rings. The van der Waals surface area contributed by atoms with Crippen LogP contribution in [-0.2, 0) is 14.6 Å². The normalized spacial score (nSPS) is 29.4. The highest BCUT2D eigenvalue weighted by molar-refractivity contribution is 7.92. The molecular weight excluding hydrogens is 274 g/mol. The lowest BCUT2D eigenvalue weighted by Gasteiger charge is -2.15. The summed E-state index contributed by atoms with van der Waals surface area (Å²) in [4.78, 5) is 0. The molecule has 0 radical (unpaired) electrons. The van der Waals surface area contributed by atoms with Crippen molar-refractivity contribution in [3.63, 3.8) is 0 Å². The second-order valence-electron chi connectivity index (χ2n) is 5.33. The Kier molecular flexibility index (Phi) is 4.52. The molecular formula is C15H23NO3S. The van der Waals surface area contributed by atoms with Crippen molar-refractivity contribution in [1.82, 2.24) is 0 Å². The molecule has 0 spiro atoms. The second-order valence-corrected chi connectivity index (χ2v) is 7.75. The Morgan fingerprint density at radius 2 is 1.90 bits per heavy atom. The highest BCUT2D eigenvalue weighted by Gasteiger charge is 2.69. The summed E-state index contributed by atoms with van der Waals surface area (Å²) in [6.07, 6.45) is 0. The second kappa shape index (κ2) is 5.84. The molecule has 2 N–H and O–H groups in total. The molecule has 0 aromatic heterocycles. The lowest BCUT2D eigenvalue weighted by molar-refractivity contribution is 0.101. The van der Waals surface area contributed by atoms with Crippen molar-refractivity contribution in [2.75, 3.05) is 25.5 Å². The average molecular weight is 297 g/mol. The SMILES string of the molecule is CCOC[C@@]1(CN)[C@@H](c2ccccc2)[C@@H]1S(=O)(=O)CC. The van der Waals surface area contributed by atoms with E-state index >= 15 is 0 Å². The van der Waals surface area contributed by atoms with E-state index in [1.807, 2.05) is 37.3 Å². The van der Waals surface area contributed by atoms with Gasteiger partial charge in [0, 0.05) is 30.2 Å². The van der Waals surface area contributed by atoms with Gasteiger partial charge in [-0.3, -0.25) is 0 Å². The summed E-state index contributed by atoms with van der Waals surface area (Å²) in [5.74, 6) is 0.0970. The van der Waals surface area contributed by atoms with E-state index < -0.39 is 20.5 Å². The highest BCUT2D eigenvalue weighted by Crippen LogP contribution is 2.62. The number of nitrogens with two attached hydrogens (primary N) is 1. The van der Waals surface area contributed by atoms with Crippen LogP contribution >= 0.6 is 0 Å². The van der Waals surface area contributed by atoms with E-state index in [4.69, 9.17) is 10.5 Å². The molecule has 1 fully saturated rings. The smallest absolute Gasteiger partial charge is 0.154 e. The van der Waals surface area contributed by atoms with Crippen LogP contribution in [0.25, 0.3) is 0 Å². The van der Waals surface area contributed by atoms with Gasteiger partial charge in [0.2, 0.25) is 0 Å². The van der Waals surface area contributed by atoms with Crippen LogP contribution in [0, 0.1) is 5.41 Å². The summed E-state index contributed by atoms with van der Waals surface area (Å²) in [5, 5.41) is -0.418.